The van der Waals surface area contributed by atoms with E-state index in [2.05, 4.69) is 6.58 Å². The largest absolute Gasteiger partial charge is 0.377 e. The van der Waals surface area contributed by atoms with Crippen LogP contribution in [-0.2, 0) is 0 Å². The van der Waals surface area contributed by atoms with Crippen molar-refractivity contribution in [1.82, 2.24) is 0 Å². The Morgan fingerprint density at radius 1 is 0.944 bits per heavy atom. The lowest BCUT2D eigenvalue weighted by Gasteiger charge is -2.32. The van der Waals surface area contributed by atoms with E-state index >= 15 is 0 Å². The van der Waals surface area contributed by atoms with Gasteiger partial charge in [0.25, 0.3) is 0 Å². The lowest BCUT2D eigenvalue weighted by Crippen LogP contribution is -2.57. The van der Waals surface area contributed by atoms with Crippen LogP contribution in [0.2, 0.25) is 0 Å². The van der Waals surface area contributed by atoms with Crippen LogP contribution >= 0.6 is 0 Å². The third kappa shape index (κ3) is 3.35. The lowest BCUT2D eigenvalue weighted by atomic mass is 9.99. The molecule has 0 aromatic heterocycles. The maximum Gasteiger partial charge on any atom is 0.377 e. The molecule has 0 rings (SSSR count). The van der Waals surface area contributed by atoms with Gasteiger partial charge in [-0.2, -0.15) is 26.3 Å². The zero-order valence-corrected chi connectivity index (χ0v) is 9.21. The van der Waals surface area contributed by atoms with E-state index in [-0.39, 0.29) is 12.8 Å². The molecule has 18 heavy (non-hydrogen) atoms. The van der Waals surface area contributed by atoms with E-state index in [1.807, 2.05) is 0 Å². The topological polar surface area (TPSA) is 0 Å². The van der Waals surface area contributed by atoms with Gasteiger partial charge in [-0.25, -0.2) is 8.78 Å². The fourth-order valence-electron chi connectivity index (χ4n) is 1.17. The summed E-state index contributed by atoms with van der Waals surface area (Å²) in [7, 11) is 0. The third-order valence-corrected chi connectivity index (χ3v) is 2.30. The second kappa shape index (κ2) is 5.88. The molecule has 0 aromatic rings. The molecular formula is C10H12F8. The number of hydrogen-bond acceptors (Lipinski definition) is 0. The molecule has 0 spiro atoms. The quantitative estimate of drug-likeness (QED) is 0.338. The highest BCUT2D eigenvalue weighted by Crippen LogP contribution is 2.50. The van der Waals surface area contributed by atoms with Gasteiger partial charge in [0.1, 0.15) is 0 Å². The molecular weight excluding hydrogens is 272 g/mol. The van der Waals surface area contributed by atoms with Crippen LogP contribution in [0.5, 0.6) is 0 Å². The van der Waals surface area contributed by atoms with Gasteiger partial charge in [0.2, 0.25) is 0 Å². The van der Waals surface area contributed by atoms with Crippen LogP contribution in [0, 0.1) is 0 Å². The molecule has 0 aromatic carbocycles. The zero-order valence-electron chi connectivity index (χ0n) is 9.21. The predicted octanol–water partition coefficient (Wildman–Crippen LogP) is 4.90. The van der Waals surface area contributed by atoms with Gasteiger partial charge in [-0.05, 0) is 19.3 Å². The average molecular weight is 284 g/mol. The summed E-state index contributed by atoms with van der Waals surface area (Å²) in [5, 5.41) is 0. The van der Waals surface area contributed by atoms with Crippen molar-refractivity contribution in [3.63, 3.8) is 0 Å². The smallest absolute Gasteiger partial charge is 0.203 e. The van der Waals surface area contributed by atoms with Crippen LogP contribution in [0.1, 0.15) is 25.7 Å². The Morgan fingerprint density at radius 2 is 1.44 bits per heavy atom. The van der Waals surface area contributed by atoms with E-state index in [1.54, 1.807) is 0 Å². The van der Waals surface area contributed by atoms with Crippen LogP contribution < -0.4 is 0 Å². The Kier molecular flexibility index (Phi) is 5.61. The minimum atomic E-state index is -6.08. The summed E-state index contributed by atoms with van der Waals surface area (Å²) in [6.45, 7) is 3.25. The van der Waals surface area contributed by atoms with Crippen molar-refractivity contribution in [2.75, 3.05) is 0 Å². The van der Waals surface area contributed by atoms with Gasteiger partial charge in [-0.15, -0.1) is 6.58 Å². The molecule has 0 saturated heterocycles. The first-order chi connectivity index (χ1) is 8.00. The van der Waals surface area contributed by atoms with Gasteiger partial charge in [-0.1, -0.05) is 6.08 Å². The van der Waals surface area contributed by atoms with Gasteiger partial charge >= 0.3 is 24.2 Å². The van der Waals surface area contributed by atoms with E-state index < -0.39 is 37.0 Å². The van der Waals surface area contributed by atoms with Crippen molar-refractivity contribution in [1.29, 1.82) is 0 Å². The molecule has 108 valence electrons. The Hall–Kier alpha value is -0.820. The van der Waals surface area contributed by atoms with Crippen molar-refractivity contribution in [2.24, 2.45) is 0 Å². The summed E-state index contributed by atoms with van der Waals surface area (Å²) in [5.41, 5.74) is 0. The molecule has 0 amide bonds. The number of alkyl halides is 8. The Morgan fingerprint density at radius 3 is 1.83 bits per heavy atom. The van der Waals surface area contributed by atoms with Crippen LogP contribution in [0.4, 0.5) is 35.1 Å². The van der Waals surface area contributed by atoms with E-state index in [9.17, 15) is 35.1 Å². The number of hydrogen-bond donors (Lipinski definition) is 0. The number of unbranched alkanes of at least 4 members (excludes halogenated alkanes) is 2. The van der Waals surface area contributed by atoms with E-state index in [1.165, 1.54) is 6.08 Å². The second-order valence-corrected chi connectivity index (χ2v) is 3.74. The standard InChI is InChI=1S/C10H12F8/c1-2-3-4-5-6-8(13,14)10(17,18)9(15,16)7(11)12/h2,7H,1,3-6H2. The van der Waals surface area contributed by atoms with Crippen molar-refractivity contribution in [3.8, 4) is 0 Å². The SMILES string of the molecule is C=CCCCCC(F)(F)C(F)(F)C(F)(F)C(F)F. The maximum absolute atomic E-state index is 12.9. The molecule has 0 N–H and O–H groups in total. The van der Waals surface area contributed by atoms with Crippen LogP contribution in [0.25, 0.3) is 0 Å². The highest BCUT2D eigenvalue weighted by molar-refractivity contribution is 4.97. The van der Waals surface area contributed by atoms with Gasteiger partial charge < -0.3 is 0 Å². The highest BCUT2D eigenvalue weighted by Gasteiger charge is 2.74. The molecule has 0 heterocycles. The molecule has 0 bridgehead atoms. The van der Waals surface area contributed by atoms with Crippen molar-refractivity contribution >= 4 is 0 Å². The van der Waals surface area contributed by atoms with Crippen molar-refractivity contribution in [3.05, 3.63) is 12.7 Å². The van der Waals surface area contributed by atoms with Crippen molar-refractivity contribution < 1.29 is 35.1 Å². The minimum Gasteiger partial charge on any atom is -0.203 e. The van der Waals surface area contributed by atoms with Crippen LogP contribution in [0.15, 0.2) is 12.7 Å². The first-order valence-corrected chi connectivity index (χ1v) is 5.03. The Labute approximate surface area is 98.7 Å². The highest BCUT2D eigenvalue weighted by atomic mass is 19.4. The summed E-state index contributed by atoms with van der Waals surface area (Å²) >= 11 is 0. The van der Waals surface area contributed by atoms with Gasteiger partial charge in [-0.3, -0.25) is 0 Å². The second-order valence-electron chi connectivity index (χ2n) is 3.74. The van der Waals surface area contributed by atoms with Gasteiger partial charge in [0, 0.05) is 6.42 Å². The first-order valence-electron chi connectivity index (χ1n) is 5.03. The lowest BCUT2D eigenvalue weighted by molar-refractivity contribution is -0.339. The van der Waals surface area contributed by atoms with E-state index in [4.69, 9.17) is 0 Å². The average Bonchev–Trinajstić information content (AvgIpc) is 2.23. The first kappa shape index (κ1) is 17.2. The van der Waals surface area contributed by atoms with Gasteiger partial charge in [0.05, 0.1) is 0 Å². The monoisotopic (exact) mass is 284 g/mol. The minimum absolute atomic E-state index is 0.0371. The Balaban J connectivity index is 4.79. The predicted molar refractivity (Wildman–Crippen MR) is 49.5 cm³/mol. The molecule has 0 nitrogen and oxygen atoms in total. The van der Waals surface area contributed by atoms with Gasteiger partial charge in [0.15, 0.2) is 0 Å². The number of rotatable bonds is 8. The van der Waals surface area contributed by atoms with E-state index in [0.29, 0.717) is 0 Å². The molecule has 0 fully saturated rings. The summed E-state index contributed by atoms with van der Waals surface area (Å²) in [5.74, 6) is -17.3. The third-order valence-electron chi connectivity index (χ3n) is 2.30. The summed E-state index contributed by atoms with van der Waals surface area (Å²) in [4.78, 5) is 0. The Bertz CT molecular complexity index is 271. The normalized spacial score (nSPS) is 14.1. The summed E-state index contributed by atoms with van der Waals surface area (Å²) in [6.07, 6.45) is -5.32. The van der Waals surface area contributed by atoms with Crippen LogP contribution in [0.3, 0.4) is 0 Å². The fraction of sp³-hybridized carbons (Fsp3) is 0.800. The fourth-order valence-corrected chi connectivity index (χ4v) is 1.17. The molecule has 0 aliphatic carbocycles. The zero-order chi connectivity index (χ0) is 14.6. The molecule has 0 radical (unpaired) electrons. The molecule has 0 aliphatic heterocycles. The number of allylic oxidation sites excluding steroid dienone is 1. The summed E-state index contributed by atoms with van der Waals surface area (Å²) in [6, 6.07) is 0. The molecule has 0 unspecified atom stereocenters. The molecule has 0 aliphatic rings. The molecule has 0 atom stereocenters. The van der Waals surface area contributed by atoms with E-state index in [0.717, 1.165) is 0 Å². The summed E-state index contributed by atoms with van der Waals surface area (Å²) < 4.78 is 99.5. The molecule has 8 heteroatoms. The van der Waals surface area contributed by atoms with Crippen LogP contribution in [-0.4, -0.2) is 24.2 Å². The van der Waals surface area contributed by atoms with Crippen molar-refractivity contribution in [2.45, 2.75) is 49.9 Å². The maximum atomic E-state index is 12.9. The number of halogens is 8. The molecule has 0 saturated carbocycles.